The monoisotopic (exact) mass is 238 g/mol. The summed E-state index contributed by atoms with van der Waals surface area (Å²) < 4.78 is 7.88. The molecular weight excluding hydrogens is 212 g/mol. The van der Waals surface area contributed by atoms with Crippen LogP contribution in [0.3, 0.4) is 0 Å². The molecule has 0 spiro atoms. The lowest BCUT2D eigenvalue weighted by Crippen LogP contribution is -2.21. The van der Waals surface area contributed by atoms with E-state index in [1.165, 1.54) is 12.1 Å². The Morgan fingerprint density at radius 2 is 2.18 bits per heavy atom. The molecule has 3 heteroatoms. The summed E-state index contributed by atoms with van der Waals surface area (Å²) in [6.45, 7) is 10.2. The molecule has 0 aliphatic carbocycles. The van der Waals surface area contributed by atoms with E-state index in [1.807, 2.05) is 0 Å². The fourth-order valence-electron chi connectivity index (χ4n) is 1.95. The number of hydrogen-bond acceptors (Lipinski definition) is 2. The van der Waals surface area contributed by atoms with Gasteiger partial charge < -0.3 is 14.6 Å². The molecule has 0 saturated carbocycles. The lowest BCUT2D eigenvalue weighted by Gasteiger charge is -2.16. The van der Waals surface area contributed by atoms with E-state index in [-0.39, 0.29) is 0 Å². The highest BCUT2D eigenvalue weighted by Gasteiger charge is 2.07. The Bertz CT molecular complexity index is 296. The molecule has 0 aliphatic heterocycles. The van der Waals surface area contributed by atoms with Crippen molar-refractivity contribution in [1.29, 1.82) is 0 Å². The van der Waals surface area contributed by atoms with Crippen molar-refractivity contribution in [2.24, 2.45) is 0 Å². The summed E-state index contributed by atoms with van der Waals surface area (Å²) in [5.74, 6) is 0. The lowest BCUT2D eigenvalue weighted by molar-refractivity contribution is 0.123. The van der Waals surface area contributed by atoms with Crippen LogP contribution in [0.2, 0.25) is 0 Å². The Balaban J connectivity index is 2.35. The molecule has 1 heterocycles. The van der Waals surface area contributed by atoms with E-state index in [0.717, 1.165) is 32.7 Å². The fraction of sp³-hybridized carbons (Fsp3) is 0.714. The van der Waals surface area contributed by atoms with E-state index in [9.17, 15) is 0 Å². The molecule has 0 bridgehead atoms. The summed E-state index contributed by atoms with van der Waals surface area (Å²) in [4.78, 5) is 0. The fourth-order valence-corrected chi connectivity index (χ4v) is 1.95. The number of nitrogens with zero attached hydrogens (tertiary/aromatic N) is 1. The largest absolute Gasteiger partial charge is 0.380 e. The van der Waals surface area contributed by atoms with Crippen LogP contribution in [0.25, 0.3) is 0 Å². The van der Waals surface area contributed by atoms with Gasteiger partial charge in [0.25, 0.3) is 0 Å². The van der Waals surface area contributed by atoms with Gasteiger partial charge in [-0.25, -0.2) is 0 Å². The topological polar surface area (TPSA) is 26.2 Å². The van der Waals surface area contributed by atoms with Crippen LogP contribution in [0.5, 0.6) is 0 Å². The molecule has 0 aromatic carbocycles. The highest BCUT2D eigenvalue weighted by atomic mass is 16.5. The SMILES string of the molecule is CCCCOCCn1cccc1C(C)NCC. The molecule has 0 saturated heterocycles. The third kappa shape index (κ3) is 4.92. The zero-order valence-corrected chi connectivity index (χ0v) is 11.4. The molecule has 1 aromatic heterocycles. The maximum atomic E-state index is 5.60. The Morgan fingerprint density at radius 1 is 1.35 bits per heavy atom. The molecule has 0 amide bonds. The smallest absolute Gasteiger partial charge is 0.0645 e. The Labute approximate surface area is 105 Å². The van der Waals surface area contributed by atoms with Crippen molar-refractivity contribution >= 4 is 0 Å². The van der Waals surface area contributed by atoms with Gasteiger partial charge in [0.1, 0.15) is 0 Å². The zero-order chi connectivity index (χ0) is 12.5. The van der Waals surface area contributed by atoms with Crippen LogP contribution in [0.15, 0.2) is 18.3 Å². The van der Waals surface area contributed by atoms with Crippen molar-refractivity contribution in [1.82, 2.24) is 9.88 Å². The summed E-state index contributed by atoms with van der Waals surface area (Å²) in [5.41, 5.74) is 1.34. The minimum atomic E-state index is 0.408. The molecule has 17 heavy (non-hydrogen) atoms. The number of aromatic nitrogens is 1. The van der Waals surface area contributed by atoms with Gasteiger partial charge in [-0.15, -0.1) is 0 Å². The van der Waals surface area contributed by atoms with Gasteiger partial charge in [-0.2, -0.15) is 0 Å². The van der Waals surface area contributed by atoms with E-state index in [1.54, 1.807) is 0 Å². The number of unbranched alkanes of at least 4 members (excludes halogenated alkanes) is 1. The molecule has 0 aliphatic rings. The van der Waals surface area contributed by atoms with Gasteiger partial charge in [0.05, 0.1) is 6.61 Å². The second kappa shape index (κ2) is 8.31. The third-order valence-electron chi connectivity index (χ3n) is 2.94. The second-order valence-corrected chi connectivity index (χ2v) is 4.37. The first kappa shape index (κ1) is 14.3. The summed E-state index contributed by atoms with van der Waals surface area (Å²) in [6.07, 6.45) is 4.49. The Morgan fingerprint density at radius 3 is 2.88 bits per heavy atom. The standard InChI is InChI=1S/C14H26N2O/c1-4-6-11-17-12-10-16-9-7-8-14(16)13(3)15-5-2/h7-9,13,15H,4-6,10-12H2,1-3H3. The highest BCUT2D eigenvalue weighted by molar-refractivity contribution is 5.11. The van der Waals surface area contributed by atoms with E-state index >= 15 is 0 Å². The van der Waals surface area contributed by atoms with E-state index in [2.05, 4.69) is 49.0 Å². The molecular formula is C14H26N2O. The molecule has 0 fully saturated rings. The van der Waals surface area contributed by atoms with Crippen molar-refractivity contribution in [3.63, 3.8) is 0 Å². The first-order valence-electron chi connectivity index (χ1n) is 6.75. The molecule has 0 radical (unpaired) electrons. The van der Waals surface area contributed by atoms with Crippen molar-refractivity contribution in [3.05, 3.63) is 24.0 Å². The minimum absolute atomic E-state index is 0.408. The maximum absolute atomic E-state index is 5.60. The van der Waals surface area contributed by atoms with Crippen LogP contribution in [0.4, 0.5) is 0 Å². The number of hydrogen-bond donors (Lipinski definition) is 1. The number of nitrogens with one attached hydrogen (secondary N) is 1. The van der Waals surface area contributed by atoms with Crippen LogP contribution in [-0.2, 0) is 11.3 Å². The lowest BCUT2D eigenvalue weighted by atomic mass is 10.2. The van der Waals surface area contributed by atoms with Crippen LogP contribution in [0.1, 0.15) is 45.3 Å². The second-order valence-electron chi connectivity index (χ2n) is 4.37. The Hall–Kier alpha value is -0.800. The molecule has 3 nitrogen and oxygen atoms in total. The van der Waals surface area contributed by atoms with E-state index in [0.29, 0.717) is 6.04 Å². The average Bonchev–Trinajstić information content (AvgIpc) is 2.77. The maximum Gasteiger partial charge on any atom is 0.0645 e. The predicted molar refractivity (Wildman–Crippen MR) is 72.3 cm³/mol. The van der Waals surface area contributed by atoms with Gasteiger partial charge >= 0.3 is 0 Å². The zero-order valence-electron chi connectivity index (χ0n) is 11.4. The quantitative estimate of drug-likeness (QED) is 0.669. The number of rotatable bonds is 9. The molecule has 1 N–H and O–H groups in total. The van der Waals surface area contributed by atoms with Crippen molar-refractivity contribution in [2.45, 2.75) is 46.2 Å². The van der Waals surface area contributed by atoms with Crippen molar-refractivity contribution in [2.75, 3.05) is 19.8 Å². The first-order chi connectivity index (χ1) is 8.29. The normalized spacial score (nSPS) is 12.9. The summed E-state index contributed by atoms with van der Waals surface area (Å²) in [7, 11) is 0. The van der Waals surface area contributed by atoms with E-state index in [4.69, 9.17) is 4.74 Å². The van der Waals surface area contributed by atoms with Gasteiger partial charge in [0.2, 0.25) is 0 Å². The molecule has 1 unspecified atom stereocenters. The van der Waals surface area contributed by atoms with Gasteiger partial charge in [-0.05, 0) is 32.0 Å². The summed E-state index contributed by atoms with van der Waals surface area (Å²) in [5, 5.41) is 3.44. The molecule has 1 rings (SSSR count). The third-order valence-corrected chi connectivity index (χ3v) is 2.94. The van der Waals surface area contributed by atoms with Crippen LogP contribution >= 0.6 is 0 Å². The van der Waals surface area contributed by atoms with Crippen LogP contribution in [-0.4, -0.2) is 24.3 Å². The van der Waals surface area contributed by atoms with Gasteiger partial charge in [-0.3, -0.25) is 0 Å². The van der Waals surface area contributed by atoms with Gasteiger partial charge in [0, 0.05) is 31.1 Å². The first-order valence-corrected chi connectivity index (χ1v) is 6.75. The molecule has 1 atom stereocenters. The van der Waals surface area contributed by atoms with Gasteiger partial charge in [0.15, 0.2) is 0 Å². The molecule has 1 aromatic rings. The summed E-state index contributed by atoms with van der Waals surface area (Å²) in [6, 6.07) is 4.69. The highest BCUT2D eigenvalue weighted by Crippen LogP contribution is 2.12. The summed E-state index contributed by atoms with van der Waals surface area (Å²) >= 11 is 0. The van der Waals surface area contributed by atoms with Crippen molar-refractivity contribution < 1.29 is 4.74 Å². The predicted octanol–water partition coefficient (Wildman–Crippen LogP) is 2.98. The van der Waals surface area contributed by atoms with Crippen molar-refractivity contribution in [3.8, 4) is 0 Å². The minimum Gasteiger partial charge on any atom is -0.380 e. The van der Waals surface area contributed by atoms with E-state index < -0.39 is 0 Å². The van der Waals surface area contributed by atoms with Crippen LogP contribution < -0.4 is 5.32 Å². The van der Waals surface area contributed by atoms with Gasteiger partial charge in [-0.1, -0.05) is 20.3 Å². The Kier molecular flexibility index (Phi) is 6.97. The average molecular weight is 238 g/mol. The van der Waals surface area contributed by atoms with Crippen LogP contribution in [0, 0.1) is 0 Å². The molecule has 98 valence electrons. The number of ether oxygens (including phenoxy) is 1.